The molecule has 0 bridgehead atoms. The minimum Gasteiger partial charge on any atom is -0.431 e. The highest BCUT2D eigenvalue weighted by Crippen LogP contribution is 2.58. The number of rotatable bonds is 9. The van der Waals surface area contributed by atoms with E-state index in [1.807, 2.05) is 0 Å². The van der Waals surface area contributed by atoms with Crippen molar-refractivity contribution in [3.8, 4) is 0 Å². The quantitative estimate of drug-likeness (QED) is 0.363. The fraction of sp³-hybridized carbons (Fsp3) is 0.917. The molecule has 0 aliphatic carbocycles. The predicted molar refractivity (Wildman–Crippen MR) is 62.9 cm³/mol. The van der Waals surface area contributed by atoms with Gasteiger partial charge in [0.15, 0.2) is 6.61 Å². The molecule has 0 aliphatic rings. The summed E-state index contributed by atoms with van der Waals surface area (Å²) >= 11 is 0. The second kappa shape index (κ2) is 7.81. The zero-order valence-electron chi connectivity index (χ0n) is 13.3. The summed E-state index contributed by atoms with van der Waals surface area (Å²) in [5.41, 5.74) is 0. The van der Waals surface area contributed by atoms with Gasteiger partial charge in [0.2, 0.25) is 0 Å². The summed E-state index contributed by atoms with van der Waals surface area (Å²) in [5.74, 6) is -36.0. The predicted octanol–water partition coefficient (Wildman–Crippen LogP) is 5.38. The second-order valence-electron chi connectivity index (χ2n) is 5.23. The maximum atomic E-state index is 13.3. The first kappa shape index (κ1) is 25.4. The number of carbonyl (C=O) groups is 1. The van der Waals surface area contributed by atoms with Gasteiger partial charge in [0.25, 0.3) is 0 Å². The Morgan fingerprint density at radius 3 is 1.67 bits per heavy atom. The molecule has 0 N–H and O–H groups in total. The van der Waals surface area contributed by atoms with E-state index in [0.717, 1.165) is 0 Å². The van der Waals surface area contributed by atoms with E-state index in [0.29, 0.717) is 0 Å². The maximum Gasteiger partial charge on any atom is 0.508 e. The van der Waals surface area contributed by atoms with Crippen LogP contribution in [0.5, 0.6) is 0 Å². The Morgan fingerprint density at radius 1 is 0.852 bits per heavy atom. The standard InChI is InChI=1S/C12H12F12O3/c1-3-5(2)27-7(25)26-4-8(15,16)10(19,20)12(23,24)11(21,22)9(17,18)6(13)14/h5-6H,3-4H2,1-2H3. The van der Waals surface area contributed by atoms with E-state index in [4.69, 9.17) is 0 Å². The summed E-state index contributed by atoms with van der Waals surface area (Å²) in [7, 11) is 0. The molecule has 162 valence electrons. The molecule has 1 atom stereocenters. The molecule has 0 aromatic heterocycles. The lowest BCUT2D eigenvalue weighted by molar-refractivity contribution is -0.414. The van der Waals surface area contributed by atoms with Crippen molar-refractivity contribution in [2.75, 3.05) is 6.61 Å². The number of hydrogen-bond donors (Lipinski definition) is 0. The molecule has 0 saturated heterocycles. The van der Waals surface area contributed by atoms with Crippen LogP contribution in [0, 0.1) is 0 Å². The van der Waals surface area contributed by atoms with E-state index in [9.17, 15) is 57.5 Å². The van der Waals surface area contributed by atoms with E-state index in [1.54, 1.807) is 0 Å². The molecule has 0 radical (unpaired) electrons. The summed E-state index contributed by atoms with van der Waals surface area (Å²) < 4.78 is 162. The van der Waals surface area contributed by atoms with Gasteiger partial charge < -0.3 is 9.47 Å². The lowest BCUT2D eigenvalue weighted by atomic mass is 9.94. The van der Waals surface area contributed by atoms with Crippen LogP contribution >= 0.6 is 0 Å². The highest BCUT2D eigenvalue weighted by molar-refractivity contribution is 5.60. The average Bonchev–Trinajstić information content (AvgIpc) is 2.51. The number of hydrogen-bond acceptors (Lipinski definition) is 3. The molecule has 15 heteroatoms. The first-order valence-electron chi connectivity index (χ1n) is 6.80. The van der Waals surface area contributed by atoms with Gasteiger partial charge in [0.05, 0.1) is 0 Å². The zero-order valence-corrected chi connectivity index (χ0v) is 13.3. The number of ether oxygens (including phenoxy) is 2. The molecule has 0 aromatic carbocycles. The van der Waals surface area contributed by atoms with Crippen LogP contribution in [0.2, 0.25) is 0 Å². The van der Waals surface area contributed by atoms with Gasteiger partial charge in [-0.05, 0) is 13.3 Å². The maximum absolute atomic E-state index is 13.3. The van der Waals surface area contributed by atoms with Crippen LogP contribution in [0.4, 0.5) is 57.5 Å². The second-order valence-corrected chi connectivity index (χ2v) is 5.23. The number of halogens is 12. The zero-order chi connectivity index (χ0) is 22.1. The highest BCUT2D eigenvalue weighted by Gasteiger charge is 2.87. The van der Waals surface area contributed by atoms with E-state index >= 15 is 0 Å². The van der Waals surface area contributed by atoms with Gasteiger partial charge in [-0.1, -0.05) is 6.92 Å². The van der Waals surface area contributed by atoms with Crippen molar-refractivity contribution in [1.29, 1.82) is 0 Å². The molecule has 0 rings (SSSR count). The van der Waals surface area contributed by atoms with E-state index < -0.39 is 54.9 Å². The number of carbonyl (C=O) groups excluding carboxylic acids is 1. The van der Waals surface area contributed by atoms with Crippen molar-refractivity contribution in [3.63, 3.8) is 0 Å². The Labute approximate surface area is 143 Å². The molecule has 0 saturated carbocycles. The molecule has 0 aliphatic heterocycles. The summed E-state index contributed by atoms with van der Waals surface area (Å²) in [5, 5.41) is 0. The third-order valence-electron chi connectivity index (χ3n) is 3.18. The third kappa shape index (κ3) is 4.47. The van der Waals surface area contributed by atoms with Crippen LogP contribution in [-0.4, -0.2) is 54.9 Å². The summed E-state index contributed by atoms with van der Waals surface area (Å²) in [6, 6.07) is 0. The third-order valence-corrected chi connectivity index (χ3v) is 3.18. The van der Waals surface area contributed by atoms with Gasteiger partial charge in [-0.3, -0.25) is 0 Å². The van der Waals surface area contributed by atoms with Crippen molar-refractivity contribution in [2.24, 2.45) is 0 Å². The van der Waals surface area contributed by atoms with Crippen molar-refractivity contribution < 1.29 is 67.0 Å². The summed E-state index contributed by atoms with van der Waals surface area (Å²) in [6.45, 7) is -0.400. The fourth-order valence-corrected chi connectivity index (χ4v) is 1.30. The number of alkyl halides is 12. The van der Waals surface area contributed by atoms with Gasteiger partial charge >= 0.3 is 42.2 Å². The lowest BCUT2D eigenvalue weighted by Gasteiger charge is -2.38. The fourth-order valence-electron chi connectivity index (χ4n) is 1.30. The monoisotopic (exact) mass is 432 g/mol. The molecule has 0 amide bonds. The molecule has 3 nitrogen and oxygen atoms in total. The molecule has 0 spiro atoms. The molecule has 0 aromatic rings. The van der Waals surface area contributed by atoms with Crippen molar-refractivity contribution in [1.82, 2.24) is 0 Å². The Bertz CT molecular complexity index is 520. The average molecular weight is 432 g/mol. The van der Waals surface area contributed by atoms with Gasteiger partial charge in [0, 0.05) is 0 Å². The van der Waals surface area contributed by atoms with Gasteiger partial charge in [-0.15, -0.1) is 0 Å². The topological polar surface area (TPSA) is 35.5 Å². The van der Waals surface area contributed by atoms with Crippen LogP contribution in [0.3, 0.4) is 0 Å². The Balaban J connectivity index is 5.63. The molecule has 1 unspecified atom stereocenters. The van der Waals surface area contributed by atoms with Crippen molar-refractivity contribution in [2.45, 2.75) is 62.4 Å². The first-order valence-corrected chi connectivity index (χ1v) is 6.80. The van der Waals surface area contributed by atoms with Crippen LogP contribution in [0.1, 0.15) is 20.3 Å². The highest BCUT2D eigenvalue weighted by atomic mass is 19.4. The van der Waals surface area contributed by atoms with Crippen molar-refractivity contribution in [3.05, 3.63) is 0 Å². The van der Waals surface area contributed by atoms with Gasteiger partial charge in [-0.2, -0.15) is 43.9 Å². The van der Waals surface area contributed by atoms with Gasteiger partial charge in [-0.25, -0.2) is 13.6 Å². The smallest absolute Gasteiger partial charge is 0.431 e. The summed E-state index contributed by atoms with van der Waals surface area (Å²) in [4.78, 5) is 10.9. The van der Waals surface area contributed by atoms with Crippen LogP contribution in [0.25, 0.3) is 0 Å². The first-order chi connectivity index (χ1) is 11.8. The lowest BCUT2D eigenvalue weighted by Crippen LogP contribution is -2.69. The molecule has 27 heavy (non-hydrogen) atoms. The Kier molecular flexibility index (Phi) is 7.36. The Morgan fingerprint density at radius 2 is 1.30 bits per heavy atom. The van der Waals surface area contributed by atoms with Crippen LogP contribution in [-0.2, 0) is 9.47 Å². The van der Waals surface area contributed by atoms with E-state index in [-0.39, 0.29) is 6.42 Å². The van der Waals surface area contributed by atoms with Crippen LogP contribution in [0.15, 0.2) is 0 Å². The SMILES string of the molecule is CCC(C)OC(=O)OCC(F)(F)C(F)(F)C(F)(F)C(F)(F)C(F)(F)C(F)F. The largest absolute Gasteiger partial charge is 0.508 e. The summed E-state index contributed by atoms with van der Waals surface area (Å²) in [6.07, 6.45) is -8.58. The molecular weight excluding hydrogens is 420 g/mol. The Hall–Kier alpha value is -1.57. The van der Waals surface area contributed by atoms with Gasteiger partial charge in [0.1, 0.15) is 6.10 Å². The molecule has 0 heterocycles. The molecule has 0 fully saturated rings. The molecular formula is C12H12F12O3. The minimum atomic E-state index is -7.66. The minimum absolute atomic E-state index is 0.0780. The van der Waals surface area contributed by atoms with Crippen LogP contribution < -0.4 is 0 Å². The van der Waals surface area contributed by atoms with E-state index in [1.165, 1.54) is 13.8 Å². The normalized spacial score (nSPS) is 15.7. The van der Waals surface area contributed by atoms with Crippen molar-refractivity contribution >= 4 is 6.16 Å². The van der Waals surface area contributed by atoms with E-state index in [2.05, 4.69) is 9.47 Å².